The van der Waals surface area contributed by atoms with Crippen LogP contribution in [0.1, 0.15) is 39.6 Å². The smallest absolute Gasteiger partial charge is 0.252 e. The van der Waals surface area contributed by atoms with E-state index in [0.717, 1.165) is 19.5 Å². The predicted octanol–water partition coefficient (Wildman–Crippen LogP) is 2.65. The normalized spacial score (nSPS) is 20.4. The van der Waals surface area contributed by atoms with E-state index in [0.29, 0.717) is 22.6 Å². The minimum Gasteiger partial charge on any atom is -0.348 e. The number of carbonyl (C=O) groups is 2. The molecule has 1 heterocycles. The number of piperidine rings is 1. The van der Waals surface area contributed by atoms with Gasteiger partial charge in [-0.2, -0.15) is 0 Å². The molecule has 1 saturated heterocycles. The lowest BCUT2D eigenvalue weighted by Gasteiger charge is -2.30. The number of ketones is 1. The maximum atomic E-state index is 12.7. The third-order valence-corrected chi connectivity index (χ3v) is 4.60. The second-order valence-electron chi connectivity index (χ2n) is 6.29. The highest BCUT2D eigenvalue weighted by molar-refractivity contribution is 6.15. The third kappa shape index (κ3) is 3.54. The largest absolute Gasteiger partial charge is 0.348 e. The molecule has 4 nitrogen and oxygen atoms in total. The summed E-state index contributed by atoms with van der Waals surface area (Å²) in [6.07, 6.45) is 1.04. The monoisotopic (exact) mass is 322 g/mol. The predicted molar refractivity (Wildman–Crippen MR) is 94.2 cm³/mol. The first-order chi connectivity index (χ1) is 11.7. The Kier molecular flexibility index (Phi) is 5.06. The summed E-state index contributed by atoms with van der Waals surface area (Å²) in [5.41, 5.74) is 1.46. The van der Waals surface area contributed by atoms with Crippen molar-refractivity contribution in [2.75, 3.05) is 13.1 Å². The molecule has 0 radical (unpaired) electrons. The van der Waals surface area contributed by atoms with Gasteiger partial charge < -0.3 is 10.6 Å². The van der Waals surface area contributed by atoms with E-state index in [1.165, 1.54) is 0 Å². The number of nitrogens with one attached hydrogen (secondary N) is 2. The Bertz CT molecular complexity index is 727. The molecule has 2 N–H and O–H groups in total. The van der Waals surface area contributed by atoms with Crippen molar-refractivity contribution in [3.63, 3.8) is 0 Å². The molecule has 1 aliphatic heterocycles. The number of hydrogen-bond acceptors (Lipinski definition) is 3. The fraction of sp³-hybridized carbons (Fsp3) is 0.300. The van der Waals surface area contributed by atoms with Crippen LogP contribution in [-0.4, -0.2) is 30.8 Å². The molecule has 0 aromatic heterocycles. The molecule has 1 aliphatic rings. The molecule has 2 atom stereocenters. The Morgan fingerprint density at radius 1 is 1.00 bits per heavy atom. The maximum Gasteiger partial charge on any atom is 0.252 e. The molecule has 4 heteroatoms. The van der Waals surface area contributed by atoms with Crippen molar-refractivity contribution in [1.82, 2.24) is 10.6 Å². The van der Waals surface area contributed by atoms with Crippen molar-refractivity contribution < 1.29 is 9.59 Å². The summed E-state index contributed by atoms with van der Waals surface area (Å²) in [4.78, 5) is 25.5. The molecule has 1 fully saturated rings. The number of carbonyl (C=O) groups excluding carboxylic acids is 2. The van der Waals surface area contributed by atoms with Crippen LogP contribution >= 0.6 is 0 Å². The third-order valence-electron chi connectivity index (χ3n) is 4.60. The summed E-state index contributed by atoms with van der Waals surface area (Å²) in [5.74, 6) is 0.110. The van der Waals surface area contributed by atoms with Gasteiger partial charge in [-0.05, 0) is 24.9 Å². The van der Waals surface area contributed by atoms with E-state index in [2.05, 4.69) is 17.6 Å². The Morgan fingerprint density at radius 3 is 2.38 bits per heavy atom. The molecule has 0 aliphatic carbocycles. The molecule has 3 rings (SSSR count). The van der Waals surface area contributed by atoms with Gasteiger partial charge in [0.1, 0.15) is 0 Å². The zero-order valence-corrected chi connectivity index (χ0v) is 13.8. The molecule has 24 heavy (non-hydrogen) atoms. The van der Waals surface area contributed by atoms with Crippen molar-refractivity contribution in [2.45, 2.75) is 19.4 Å². The van der Waals surface area contributed by atoms with Crippen molar-refractivity contribution >= 4 is 11.7 Å². The average molecular weight is 322 g/mol. The average Bonchev–Trinajstić information content (AvgIpc) is 2.63. The van der Waals surface area contributed by atoms with Gasteiger partial charge in [0.25, 0.3) is 5.91 Å². The van der Waals surface area contributed by atoms with Crippen molar-refractivity contribution in [1.29, 1.82) is 0 Å². The number of hydrogen-bond donors (Lipinski definition) is 2. The summed E-state index contributed by atoms with van der Waals surface area (Å²) < 4.78 is 0. The quantitative estimate of drug-likeness (QED) is 0.851. The molecular weight excluding hydrogens is 300 g/mol. The standard InChI is InChI=1S/C20H22N2O2/c1-14-11-12-21-13-18(14)22-20(24)17-10-6-5-9-16(17)19(23)15-7-3-2-4-8-15/h2-10,14,18,21H,11-13H2,1H3,(H,22,24). The van der Waals surface area contributed by atoms with E-state index in [4.69, 9.17) is 0 Å². The Labute approximate surface area is 142 Å². The van der Waals surface area contributed by atoms with E-state index >= 15 is 0 Å². The lowest BCUT2D eigenvalue weighted by molar-refractivity contribution is 0.0907. The maximum absolute atomic E-state index is 12.7. The second-order valence-corrected chi connectivity index (χ2v) is 6.29. The Balaban J connectivity index is 1.83. The van der Waals surface area contributed by atoms with Crippen LogP contribution in [0.5, 0.6) is 0 Å². The molecule has 0 bridgehead atoms. The van der Waals surface area contributed by atoms with Crippen LogP contribution in [0.15, 0.2) is 54.6 Å². The molecule has 2 unspecified atom stereocenters. The summed E-state index contributed by atoms with van der Waals surface area (Å²) in [6.45, 7) is 3.89. The van der Waals surface area contributed by atoms with Crippen LogP contribution in [0.3, 0.4) is 0 Å². The second kappa shape index (κ2) is 7.41. The minimum atomic E-state index is -0.185. The van der Waals surface area contributed by atoms with E-state index in [9.17, 15) is 9.59 Å². The molecule has 124 valence electrons. The molecule has 2 aromatic carbocycles. The van der Waals surface area contributed by atoms with Gasteiger partial charge in [-0.3, -0.25) is 9.59 Å². The van der Waals surface area contributed by atoms with Gasteiger partial charge in [0, 0.05) is 23.7 Å². The van der Waals surface area contributed by atoms with Crippen LogP contribution in [0.25, 0.3) is 0 Å². The molecule has 0 spiro atoms. The van der Waals surface area contributed by atoms with Crippen LogP contribution in [0, 0.1) is 5.92 Å². The van der Waals surface area contributed by atoms with Crippen molar-refractivity contribution in [2.24, 2.45) is 5.92 Å². The van der Waals surface area contributed by atoms with Crippen LogP contribution in [-0.2, 0) is 0 Å². The van der Waals surface area contributed by atoms with Gasteiger partial charge in [0.15, 0.2) is 5.78 Å². The van der Waals surface area contributed by atoms with Crippen molar-refractivity contribution in [3.05, 3.63) is 71.3 Å². The number of benzene rings is 2. The van der Waals surface area contributed by atoms with E-state index in [1.807, 2.05) is 18.2 Å². The van der Waals surface area contributed by atoms with Gasteiger partial charge in [-0.15, -0.1) is 0 Å². The van der Waals surface area contributed by atoms with E-state index in [-0.39, 0.29) is 17.7 Å². The summed E-state index contributed by atoms with van der Waals surface area (Å²) in [7, 11) is 0. The molecule has 0 saturated carbocycles. The summed E-state index contributed by atoms with van der Waals surface area (Å²) in [6, 6.07) is 16.2. The molecular formula is C20H22N2O2. The first-order valence-electron chi connectivity index (χ1n) is 8.37. The fourth-order valence-electron chi connectivity index (χ4n) is 3.05. The zero-order valence-electron chi connectivity index (χ0n) is 13.8. The Morgan fingerprint density at radius 2 is 1.67 bits per heavy atom. The SMILES string of the molecule is CC1CCNCC1NC(=O)c1ccccc1C(=O)c1ccccc1. The highest BCUT2D eigenvalue weighted by Crippen LogP contribution is 2.17. The van der Waals surface area contributed by atoms with Crippen LogP contribution in [0.2, 0.25) is 0 Å². The first-order valence-corrected chi connectivity index (χ1v) is 8.37. The number of rotatable bonds is 4. The van der Waals surface area contributed by atoms with Gasteiger partial charge in [0.2, 0.25) is 0 Å². The topological polar surface area (TPSA) is 58.2 Å². The van der Waals surface area contributed by atoms with Gasteiger partial charge in [-0.25, -0.2) is 0 Å². The molecule has 2 aromatic rings. The summed E-state index contributed by atoms with van der Waals surface area (Å²) in [5, 5.41) is 6.38. The summed E-state index contributed by atoms with van der Waals surface area (Å²) >= 11 is 0. The highest BCUT2D eigenvalue weighted by atomic mass is 16.2. The Hall–Kier alpha value is -2.46. The number of amides is 1. The van der Waals surface area contributed by atoms with E-state index < -0.39 is 0 Å². The van der Waals surface area contributed by atoms with Crippen LogP contribution in [0.4, 0.5) is 0 Å². The van der Waals surface area contributed by atoms with Gasteiger partial charge in [0.05, 0.1) is 5.56 Å². The van der Waals surface area contributed by atoms with Crippen molar-refractivity contribution in [3.8, 4) is 0 Å². The fourth-order valence-corrected chi connectivity index (χ4v) is 3.05. The van der Waals surface area contributed by atoms with Crippen LogP contribution < -0.4 is 10.6 Å². The van der Waals surface area contributed by atoms with E-state index in [1.54, 1.807) is 36.4 Å². The lowest BCUT2D eigenvalue weighted by Crippen LogP contribution is -2.50. The first kappa shape index (κ1) is 16.4. The lowest BCUT2D eigenvalue weighted by atomic mass is 9.93. The van der Waals surface area contributed by atoms with Gasteiger partial charge in [-0.1, -0.05) is 55.5 Å². The molecule has 1 amide bonds. The highest BCUT2D eigenvalue weighted by Gasteiger charge is 2.25. The minimum absolute atomic E-state index is 0.0890. The van der Waals surface area contributed by atoms with Gasteiger partial charge >= 0.3 is 0 Å². The zero-order chi connectivity index (χ0) is 16.9.